The van der Waals surface area contributed by atoms with E-state index in [4.69, 9.17) is 0 Å². The maximum Gasteiger partial charge on any atom is 0.191 e. The minimum Gasteiger partial charge on any atom is -0.355 e. The van der Waals surface area contributed by atoms with Crippen LogP contribution in [-0.2, 0) is 0 Å². The number of likely N-dealkylation sites (N-methyl/N-ethyl adjacent to an activating group) is 1. The van der Waals surface area contributed by atoms with Crippen molar-refractivity contribution in [3.05, 3.63) is 12.2 Å². The maximum absolute atomic E-state index is 4.30. The summed E-state index contributed by atoms with van der Waals surface area (Å²) < 4.78 is 0. The smallest absolute Gasteiger partial charge is 0.191 e. The van der Waals surface area contributed by atoms with Crippen LogP contribution in [0.4, 0.5) is 0 Å². The van der Waals surface area contributed by atoms with Gasteiger partial charge in [0.1, 0.15) is 0 Å². The summed E-state index contributed by atoms with van der Waals surface area (Å²) in [4.78, 5) is 9.26. The van der Waals surface area contributed by atoms with Crippen LogP contribution in [0.1, 0.15) is 19.3 Å². The van der Waals surface area contributed by atoms with Gasteiger partial charge in [-0.2, -0.15) is 0 Å². The molecule has 1 aliphatic carbocycles. The van der Waals surface area contributed by atoms with Crippen LogP contribution in [0.15, 0.2) is 17.1 Å². The highest BCUT2D eigenvalue weighted by Gasteiger charge is 2.13. The lowest BCUT2D eigenvalue weighted by molar-refractivity contribution is 0.280. The first kappa shape index (κ1) is 15.3. The Labute approximate surface area is 123 Å². The molecule has 0 atom stereocenters. The first-order valence-electron chi connectivity index (χ1n) is 7.81. The molecule has 1 heterocycles. The predicted molar refractivity (Wildman–Crippen MR) is 85.2 cm³/mol. The normalized spacial score (nSPS) is 23.0. The molecule has 0 unspecified atom stereocenters. The van der Waals surface area contributed by atoms with Gasteiger partial charge in [0.05, 0.1) is 0 Å². The Bertz CT molecular complexity index is 331. The van der Waals surface area contributed by atoms with Crippen molar-refractivity contribution >= 4 is 5.96 Å². The summed E-state index contributed by atoms with van der Waals surface area (Å²) in [7, 11) is 4.06. The predicted octanol–water partition coefficient (Wildman–Crippen LogP) is 0.508. The Kier molecular flexibility index (Phi) is 6.33. The number of hydrogen-bond acceptors (Lipinski definition) is 3. The van der Waals surface area contributed by atoms with Gasteiger partial charge >= 0.3 is 0 Å². The van der Waals surface area contributed by atoms with Crippen molar-refractivity contribution in [2.75, 3.05) is 53.4 Å². The van der Waals surface area contributed by atoms with Gasteiger partial charge in [-0.3, -0.25) is 4.99 Å². The molecule has 2 rings (SSSR count). The Balaban J connectivity index is 1.63. The van der Waals surface area contributed by atoms with E-state index >= 15 is 0 Å². The Morgan fingerprint density at radius 3 is 2.75 bits per heavy atom. The molecule has 5 heteroatoms. The van der Waals surface area contributed by atoms with Gasteiger partial charge in [0, 0.05) is 39.3 Å². The van der Waals surface area contributed by atoms with Crippen LogP contribution >= 0.6 is 0 Å². The minimum absolute atomic E-state index is 0.521. The van der Waals surface area contributed by atoms with Gasteiger partial charge in [0.25, 0.3) is 0 Å². The summed E-state index contributed by atoms with van der Waals surface area (Å²) in [6.45, 7) is 6.85. The zero-order chi connectivity index (χ0) is 14.2. The van der Waals surface area contributed by atoms with Crippen molar-refractivity contribution in [1.29, 1.82) is 0 Å². The van der Waals surface area contributed by atoms with Crippen LogP contribution in [0.5, 0.6) is 0 Å². The number of rotatable bonds is 4. The topological polar surface area (TPSA) is 42.9 Å². The second-order valence-corrected chi connectivity index (χ2v) is 5.78. The van der Waals surface area contributed by atoms with E-state index < -0.39 is 0 Å². The molecular formula is C15H29N5. The first-order valence-corrected chi connectivity index (χ1v) is 7.81. The molecule has 2 aliphatic rings. The molecule has 0 spiro atoms. The second-order valence-electron chi connectivity index (χ2n) is 5.78. The fraction of sp³-hybridized carbons (Fsp3) is 0.800. The van der Waals surface area contributed by atoms with Crippen molar-refractivity contribution in [3.63, 3.8) is 0 Å². The molecule has 20 heavy (non-hydrogen) atoms. The summed E-state index contributed by atoms with van der Waals surface area (Å²) in [5.74, 6) is 0.936. The molecule has 1 fully saturated rings. The molecular weight excluding hydrogens is 250 g/mol. The van der Waals surface area contributed by atoms with Crippen LogP contribution in [0.3, 0.4) is 0 Å². The molecule has 0 aromatic heterocycles. The van der Waals surface area contributed by atoms with Gasteiger partial charge in [-0.1, -0.05) is 12.2 Å². The molecule has 5 nitrogen and oxygen atoms in total. The van der Waals surface area contributed by atoms with Crippen molar-refractivity contribution in [2.24, 2.45) is 4.99 Å². The molecule has 0 aromatic carbocycles. The van der Waals surface area contributed by atoms with Crippen LogP contribution in [0, 0.1) is 0 Å². The molecule has 1 aliphatic heterocycles. The fourth-order valence-electron chi connectivity index (χ4n) is 2.78. The quantitative estimate of drug-likeness (QED) is 0.447. The third-order valence-corrected chi connectivity index (χ3v) is 4.10. The third-order valence-electron chi connectivity index (χ3n) is 4.10. The minimum atomic E-state index is 0.521. The highest BCUT2D eigenvalue weighted by Crippen LogP contribution is 2.08. The Hall–Kier alpha value is -1.07. The van der Waals surface area contributed by atoms with Crippen molar-refractivity contribution in [1.82, 2.24) is 20.4 Å². The molecule has 0 aromatic rings. The molecule has 0 saturated carbocycles. The first-order chi connectivity index (χ1) is 9.78. The van der Waals surface area contributed by atoms with Gasteiger partial charge in [-0.25, -0.2) is 0 Å². The molecule has 1 saturated heterocycles. The third kappa shape index (κ3) is 5.13. The highest BCUT2D eigenvalue weighted by molar-refractivity contribution is 5.80. The van der Waals surface area contributed by atoms with Gasteiger partial charge in [0.15, 0.2) is 5.96 Å². The highest BCUT2D eigenvalue weighted by atomic mass is 15.2. The van der Waals surface area contributed by atoms with Crippen molar-refractivity contribution in [2.45, 2.75) is 25.3 Å². The number of hydrogen-bond donors (Lipinski definition) is 2. The van der Waals surface area contributed by atoms with Crippen LogP contribution in [0.2, 0.25) is 0 Å². The van der Waals surface area contributed by atoms with E-state index in [9.17, 15) is 0 Å². The lowest BCUT2D eigenvalue weighted by Crippen LogP contribution is -2.45. The zero-order valence-corrected chi connectivity index (χ0v) is 12.9. The summed E-state index contributed by atoms with van der Waals surface area (Å²) in [5, 5.41) is 6.90. The Morgan fingerprint density at radius 1 is 1.20 bits per heavy atom. The summed E-state index contributed by atoms with van der Waals surface area (Å²) in [6.07, 6.45) is 7.97. The van der Waals surface area contributed by atoms with Crippen LogP contribution < -0.4 is 10.6 Å². The average molecular weight is 279 g/mol. The number of aliphatic imine (C=N–C) groups is 1. The van der Waals surface area contributed by atoms with Gasteiger partial charge in [0.2, 0.25) is 0 Å². The lowest BCUT2D eigenvalue weighted by Gasteiger charge is -2.22. The van der Waals surface area contributed by atoms with Gasteiger partial charge in [-0.15, -0.1) is 0 Å². The Morgan fingerprint density at radius 2 is 2.00 bits per heavy atom. The number of nitrogens with zero attached hydrogens (tertiary/aromatic N) is 3. The largest absolute Gasteiger partial charge is 0.355 e. The van der Waals surface area contributed by atoms with E-state index in [0.29, 0.717) is 6.04 Å². The van der Waals surface area contributed by atoms with Crippen molar-refractivity contribution in [3.8, 4) is 0 Å². The van der Waals surface area contributed by atoms with Gasteiger partial charge < -0.3 is 20.4 Å². The molecule has 0 bridgehead atoms. The maximum atomic E-state index is 4.30. The molecule has 0 radical (unpaired) electrons. The van der Waals surface area contributed by atoms with Crippen molar-refractivity contribution < 1.29 is 0 Å². The van der Waals surface area contributed by atoms with E-state index in [-0.39, 0.29) is 0 Å². The standard InChI is InChI=1S/C15H29N5/c1-16-15(18-14-6-3-4-7-14)17-8-11-20-10-5-9-19(2)12-13-20/h3-4,14H,5-13H2,1-2H3,(H2,16,17,18). The van der Waals surface area contributed by atoms with Crippen LogP contribution in [-0.4, -0.2) is 75.2 Å². The SMILES string of the molecule is CN=C(NCCN1CCCN(C)CC1)NC1CC=CC1. The van der Waals surface area contributed by atoms with E-state index in [2.05, 4.69) is 44.6 Å². The average Bonchev–Trinajstić information content (AvgIpc) is 2.87. The zero-order valence-electron chi connectivity index (χ0n) is 12.9. The summed E-state index contributed by atoms with van der Waals surface area (Å²) in [5.41, 5.74) is 0. The monoisotopic (exact) mass is 279 g/mol. The second kappa shape index (κ2) is 8.27. The molecule has 2 N–H and O–H groups in total. The number of nitrogens with one attached hydrogen (secondary N) is 2. The van der Waals surface area contributed by atoms with E-state index in [1.54, 1.807) is 0 Å². The summed E-state index contributed by atoms with van der Waals surface area (Å²) >= 11 is 0. The number of guanidine groups is 1. The molecule has 0 amide bonds. The van der Waals surface area contributed by atoms with E-state index in [1.165, 1.54) is 32.6 Å². The van der Waals surface area contributed by atoms with E-state index in [1.807, 2.05) is 7.05 Å². The molecule has 114 valence electrons. The lowest BCUT2D eigenvalue weighted by atomic mass is 10.2. The summed E-state index contributed by atoms with van der Waals surface area (Å²) in [6, 6.07) is 0.521. The van der Waals surface area contributed by atoms with Gasteiger partial charge in [-0.05, 0) is 39.4 Å². The van der Waals surface area contributed by atoms with Crippen LogP contribution in [0.25, 0.3) is 0 Å². The fourth-order valence-corrected chi connectivity index (χ4v) is 2.78. The van der Waals surface area contributed by atoms with E-state index in [0.717, 1.165) is 31.9 Å².